The molecule has 2 rings (SSSR count). The molecule has 0 spiro atoms. The van der Waals surface area contributed by atoms with Gasteiger partial charge >= 0.3 is 0 Å². The highest BCUT2D eigenvalue weighted by Crippen LogP contribution is 2.02. The highest BCUT2D eigenvalue weighted by molar-refractivity contribution is 5.84. The second kappa shape index (κ2) is 3.22. The molecular weight excluding hydrogens is 138 g/mol. The zero-order valence-corrected chi connectivity index (χ0v) is 6.84. The van der Waals surface area contributed by atoms with Crippen molar-refractivity contribution in [3.8, 4) is 0 Å². The van der Waals surface area contributed by atoms with E-state index in [1.165, 1.54) is 31.8 Å². The van der Waals surface area contributed by atoms with E-state index < -0.39 is 0 Å². The van der Waals surface area contributed by atoms with Gasteiger partial charge in [-0.25, -0.2) is 0 Å². The van der Waals surface area contributed by atoms with Crippen LogP contribution in [0.2, 0.25) is 0 Å². The first-order valence-corrected chi connectivity index (χ1v) is 4.45. The normalized spacial score (nSPS) is 31.3. The van der Waals surface area contributed by atoms with Crippen LogP contribution in [0.4, 0.5) is 0 Å². The summed E-state index contributed by atoms with van der Waals surface area (Å²) in [5.41, 5.74) is 0. The maximum atomic E-state index is 4.47. The topological polar surface area (TPSA) is 27.6 Å². The third kappa shape index (κ3) is 1.71. The van der Waals surface area contributed by atoms with Crippen molar-refractivity contribution in [2.75, 3.05) is 32.7 Å². The minimum Gasteiger partial charge on any atom is -0.373 e. The predicted octanol–water partition coefficient (Wildman–Crippen LogP) is 0.0839. The van der Waals surface area contributed by atoms with E-state index in [4.69, 9.17) is 0 Å². The first kappa shape index (κ1) is 7.10. The molecule has 0 aromatic carbocycles. The Bertz CT molecular complexity index is 165. The standard InChI is InChI=1S/C8H15N3/c1-3-9-8-7-11(5-1)6-2-4-10-8/h1-7H2,(H,9,10). The van der Waals surface area contributed by atoms with Gasteiger partial charge in [0.15, 0.2) is 0 Å². The molecule has 0 aromatic rings. The molecule has 3 nitrogen and oxygen atoms in total. The van der Waals surface area contributed by atoms with Crippen LogP contribution in [-0.2, 0) is 0 Å². The van der Waals surface area contributed by atoms with E-state index in [2.05, 4.69) is 15.2 Å². The minimum atomic E-state index is 1.01. The van der Waals surface area contributed by atoms with Crippen LogP contribution in [0, 0.1) is 0 Å². The summed E-state index contributed by atoms with van der Waals surface area (Å²) in [4.78, 5) is 6.96. The third-order valence-corrected chi connectivity index (χ3v) is 2.29. The van der Waals surface area contributed by atoms with Crippen molar-refractivity contribution in [1.29, 1.82) is 0 Å². The summed E-state index contributed by atoms with van der Waals surface area (Å²) >= 11 is 0. The lowest BCUT2D eigenvalue weighted by Gasteiger charge is -2.15. The van der Waals surface area contributed by atoms with E-state index in [0.29, 0.717) is 0 Å². The van der Waals surface area contributed by atoms with E-state index in [9.17, 15) is 0 Å². The number of amidine groups is 1. The number of nitrogens with zero attached hydrogens (tertiary/aromatic N) is 2. The van der Waals surface area contributed by atoms with Crippen molar-refractivity contribution in [3.63, 3.8) is 0 Å². The van der Waals surface area contributed by atoms with Gasteiger partial charge in [-0.05, 0) is 12.8 Å². The summed E-state index contributed by atoms with van der Waals surface area (Å²) in [6, 6.07) is 0. The molecule has 2 heterocycles. The highest BCUT2D eigenvalue weighted by Gasteiger charge is 2.14. The van der Waals surface area contributed by atoms with Crippen LogP contribution in [0.25, 0.3) is 0 Å². The lowest BCUT2D eigenvalue weighted by molar-refractivity contribution is 0.318. The molecule has 62 valence electrons. The Labute approximate surface area is 67.5 Å². The molecule has 1 atom stereocenters. The molecule has 0 amide bonds. The van der Waals surface area contributed by atoms with Crippen LogP contribution in [0.5, 0.6) is 0 Å². The zero-order chi connectivity index (χ0) is 7.52. The van der Waals surface area contributed by atoms with Crippen molar-refractivity contribution in [2.45, 2.75) is 12.8 Å². The fourth-order valence-corrected chi connectivity index (χ4v) is 1.69. The molecule has 0 aromatic heterocycles. The second-order valence-electron chi connectivity index (χ2n) is 3.24. The first-order chi connectivity index (χ1) is 5.45. The van der Waals surface area contributed by atoms with Crippen molar-refractivity contribution < 1.29 is 0 Å². The van der Waals surface area contributed by atoms with Gasteiger partial charge in [0.25, 0.3) is 0 Å². The quantitative estimate of drug-likeness (QED) is 0.534. The molecule has 11 heavy (non-hydrogen) atoms. The molecule has 0 saturated carbocycles. The molecule has 1 saturated heterocycles. The van der Waals surface area contributed by atoms with Gasteiger partial charge < -0.3 is 5.32 Å². The number of hydrogen-bond acceptors (Lipinski definition) is 3. The lowest BCUT2D eigenvalue weighted by Crippen LogP contribution is -2.32. The molecule has 2 aliphatic heterocycles. The Morgan fingerprint density at radius 1 is 1.27 bits per heavy atom. The molecule has 2 bridgehead atoms. The fourth-order valence-electron chi connectivity index (χ4n) is 1.69. The van der Waals surface area contributed by atoms with E-state index >= 15 is 0 Å². The van der Waals surface area contributed by atoms with Gasteiger partial charge in [0.1, 0.15) is 5.84 Å². The van der Waals surface area contributed by atoms with Gasteiger partial charge in [-0.2, -0.15) is 0 Å². The number of rotatable bonds is 0. The summed E-state index contributed by atoms with van der Waals surface area (Å²) in [6.45, 7) is 5.65. The monoisotopic (exact) mass is 153 g/mol. The van der Waals surface area contributed by atoms with Crippen LogP contribution in [0.15, 0.2) is 4.99 Å². The van der Waals surface area contributed by atoms with Gasteiger partial charge in [0.2, 0.25) is 0 Å². The zero-order valence-electron chi connectivity index (χ0n) is 6.84. The van der Waals surface area contributed by atoms with Crippen LogP contribution in [-0.4, -0.2) is 43.5 Å². The van der Waals surface area contributed by atoms with Gasteiger partial charge in [-0.1, -0.05) is 0 Å². The van der Waals surface area contributed by atoms with E-state index in [1.807, 2.05) is 0 Å². The van der Waals surface area contributed by atoms with Crippen LogP contribution in [0.3, 0.4) is 0 Å². The summed E-state index contributed by atoms with van der Waals surface area (Å²) in [5.74, 6) is 1.21. The Kier molecular flexibility index (Phi) is 2.08. The minimum absolute atomic E-state index is 1.01. The molecule has 1 N–H and O–H groups in total. The highest BCUT2D eigenvalue weighted by atomic mass is 15.2. The first-order valence-electron chi connectivity index (χ1n) is 4.45. The molecule has 1 fully saturated rings. The predicted molar refractivity (Wildman–Crippen MR) is 46.0 cm³/mol. The maximum absolute atomic E-state index is 4.47. The van der Waals surface area contributed by atoms with Crippen LogP contribution < -0.4 is 5.32 Å². The average Bonchev–Trinajstić information content (AvgIpc) is 2.36. The Morgan fingerprint density at radius 3 is 3.18 bits per heavy atom. The molecule has 2 aliphatic rings. The number of fused-ring (bicyclic) bond motifs is 2. The van der Waals surface area contributed by atoms with Gasteiger partial charge in [0, 0.05) is 26.2 Å². The van der Waals surface area contributed by atoms with Crippen LogP contribution >= 0.6 is 0 Å². The number of nitrogens with one attached hydrogen (secondary N) is 1. The fraction of sp³-hybridized carbons (Fsp3) is 0.875. The summed E-state index contributed by atoms with van der Waals surface area (Å²) in [7, 11) is 0. The lowest BCUT2D eigenvalue weighted by atomic mass is 10.3. The van der Waals surface area contributed by atoms with E-state index in [1.54, 1.807) is 0 Å². The van der Waals surface area contributed by atoms with Crippen molar-refractivity contribution >= 4 is 5.84 Å². The smallest absolute Gasteiger partial charge is 0.111 e. The number of hydrogen-bond donors (Lipinski definition) is 1. The summed E-state index contributed by atoms with van der Waals surface area (Å²) in [6.07, 6.45) is 2.49. The SMILES string of the molecule is C1CN=C2CN(C1)CCCN2. The Hall–Kier alpha value is -0.570. The number of aliphatic imine (C=N–C) groups is 1. The summed E-state index contributed by atoms with van der Waals surface area (Å²) < 4.78 is 0. The van der Waals surface area contributed by atoms with Gasteiger partial charge in [-0.3, -0.25) is 9.89 Å². The third-order valence-electron chi connectivity index (χ3n) is 2.29. The second-order valence-corrected chi connectivity index (χ2v) is 3.24. The van der Waals surface area contributed by atoms with Gasteiger partial charge in [-0.15, -0.1) is 0 Å². The Balaban J connectivity index is 2.07. The average molecular weight is 153 g/mol. The van der Waals surface area contributed by atoms with E-state index in [-0.39, 0.29) is 0 Å². The largest absolute Gasteiger partial charge is 0.373 e. The molecule has 3 heteroatoms. The van der Waals surface area contributed by atoms with Gasteiger partial charge in [0.05, 0.1) is 6.54 Å². The van der Waals surface area contributed by atoms with Crippen molar-refractivity contribution in [3.05, 3.63) is 0 Å². The maximum Gasteiger partial charge on any atom is 0.111 e. The molecular formula is C8H15N3. The van der Waals surface area contributed by atoms with E-state index in [0.717, 1.165) is 19.6 Å². The summed E-state index contributed by atoms with van der Waals surface area (Å²) in [5, 5.41) is 3.36. The molecule has 0 radical (unpaired) electrons. The van der Waals surface area contributed by atoms with Crippen molar-refractivity contribution in [2.24, 2.45) is 4.99 Å². The Morgan fingerprint density at radius 2 is 2.18 bits per heavy atom. The van der Waals surface area contributed by atoms with Crippen LogP contribution in [0.1, 0.15) is 12.8 Å². The molecule has 1 unspecified atom stereocenters. The van der Waals surface area contributed by atoms with Crippen molar-refractivity contribution in [1.82, 2.24) is 10.2 Å². The molecule has 0 aliphatic carbocycles.